The Balaban J connectivity index is 1.73. The molecule has 0 radical (unpaired) electrons. The highest BCUT2D eigenvalue weighted by molar-refractivity contribution is 7.18. The molecule has 5 nitrogen and oxygen atoms in total. The SMILES string of the molecule is CC(=O)NCc1nc2cc(NC(=O)c3ccc(C(C)(C)C)cc3)ccc2s1. The van der Waals surface area contributed by atoms with Gasteiger partial charge in [-0.25, -0.2) is 4.98 Å². The third kappa shape index (κ3) is 4.71. The summed E-state index contributed by atoms with van der Waals surface area (Å²) in [6, 6.07) is 13.3. The fraction of sp³-hybridized carbons (Fsp3) is 0.286. The zero-order valence-corrected chi connectivity index (χ0v) is 16.7. The molecular formula is C21H23N3O2S. The van der Waals surface area contributed by atoms with Gasteiger partial charge >= 0.3 is 0 Å². The van der Waals surface area contributed by atoms with Crippen LogP contribution in [0.1, 0.15) is 48.6 Å². The molecule has 0 saturated heterocycles. The van der Waals surface area contributed by atoms with E-state index in [1.54, 1.807) is 0 Å². The molecule has 0 fully saturated rings. The molecule has 0 atom stereocenters. The maximum absolute atomic E-state index is 12.5. The molecule has 0 aliphatic heterocycles. The first-order valence-corrected chi connectivity index (χ1v) is 9.60. The lowest BCUT2D eigenvalue weighted by molar-refractivity contribution is -0.119. The van der Waals surface area contributed by atoms with Gasteiger partial charge in [-0.3, -0.25) is 9.59 Å². The fourth-order valence-electron chi connectivity index (χ4n) is 2.65. The highest BCUT2D eigenvalue weighted by Gasteiger charge is 2.14. The Bertz CT molecular complexity index is 985. The lowest BCUT2D eigenvalue weighted by atomic mass is 9.87. The molecule has 2 aromatic carbocycles. The van der Waals surface area contributed by atoms with Gasteiger partial charge in [-0.1, -0.05) is 32.9 Å². The molecule has 1 heterocycles. The molecule has 3 aromatic rings. The van der Waals surface area contributed by atoms with Crippen molar-refractivity contribution in [1.29, 1.82) is 0 Å². The average molecular weight is 382 g/mol. The number of anilines is 1. The van der Waals surface area contributed by atoms with E-state index in [1.807, 2.05) is 42.5 Å². The number of nitrogens with zero attached hydrogens (tertiary/aromatic N) is 1. The predicted molar refractivity (Wildman–Crippen MR) is 110 cm³/mol. The van der Waals surface area contributed by atoms with Gasteiger partial charge in [0.1, 0.15) is 5.01 Å². The molecule has 3 rings (SSSR count). The first kappa shape index (κ1) is 19.0. The molecule has 2 N–H and O–H groups in total. The van der Waals surface area contributed by atoms with Crippen LogP contribution >= 0.6 is 11.3 Å². The van der Waals surface area contributed by atoms with Crippen molar-refractivity contribution in [3.63, 3.8) is 0 Å². The topological polar surface area (TPSA) is 71.1 Å². The van der Waals surface area contributed by atoms with E-state index in [0.29, 0.717) is 17.8 Å². The summed E-state index contributed by atoms with van der Waals surface area (Å²) < 4.78 is 1.02. The molecule has 0 aliphatic carbocycles. The number of rotatable bonds is 4. The molecule has 27 heavy (non-hydrogen) atoms. The maximum atomic E-state index is 12.5. The van der Waals surface area contributed by atoms with Crippen molar-refractivity contribution in [2.75, 3.05) is 5.32 Å². The number of aromatic nitrogens is 1. The first-order valence-electron chi connectivity index (χ1n) is 8.78. The third-order valence-electron chi connectivity index (χ3n) is 4.19. The number of amides is 2. The van der Waals surface area contributed by atoms with Gasteiger partial charge < -0.3 is 10.6 Å². The van der Waals surface area contributed by atoms with Crippen molar-refractivity contribution in [2.24, 2.45) is 0 Å². The van der Waals surface area contributed by atoms with E-state index in [1.165, 1.54) is 23.8 Å². The van der Waals surface area contributed by atoms with Crippen molar-refractivity contribution < 1.29 is 9.59 Å². The van der Waals surface area contributed by atoms with Crippen LogP contribution in [0.2, 0.25) is 0 Å². The summed E-state index contributed by atoms with van der Waals surface area (Å²) in [5, 5.41) is 6.50. The molecule has 140 valence electrons. The lowest BCUT2D eigenvalue weighted by Gasteiger charge is -2.19. The van der Waals surface area contributed by atoms with Crippen LogP contribution in [0.4, 0.5) is 5.69 Å². The highest BCUT2D eigenvalue weighted by atomic mass is 32.1. The second kappa shape index (κ2) is 7.48. The van der Waals surface area contributed by atoms with Crippen LogP contribution in [-0.4, -0.2) is 16.8 Å². The summed E-state index contributed by atoms with van der Waals surface area (Å²) in [7, 11) is 0. The number of nitrogens with one attached hydrogen (secondary N) is 2. The van der Waals surface area contributed by atoms with Gasteiger partial charge in [0.2, 0.25) is 5.91 Å². The van der Waals surface area contributed by atoms with Gasteiger partial charge in [0.05, 0.1) is 16.8 Å². The maximum Gasteiger partial charge on any atom is 0.255 e. The Hall–Kier alpha value is -2.73. The summed E-state index contributed by atoms with van der Waals surface area (Å²) in [6.07, 6.45) is 0. The van der Waals surface area contributed by atoms with E-state index in [2.05, 4.69) is 36.4 Å². The van der Waals surface area contributed by atoms with Crippen LogP contribution in [0.3, 0.4) is 0 Å². The van der Waals surface area contributed by atoms with E-state index in [4.69, 9.17) is 0 Å². The monoisotopic (exact) mass is 381 g/mol. The van der Waals surface area contributed by atoms with E-state index in [0.717, 1.165) is 15.2 Å². The second-order valence-electron chi connectivity index (χ2n) is 7.48. The summed E-state index contributed by atoms with van der Waals surface area (Å²) in [5.74, 6) is -0.233. The quantitative estimate of drug-likeness (QED) is 0.700. The summed E-state index contributed by atoms with van der Waals surface area (Å²) in [6.45, 7) is 8.33. The van der Waals surface area contributed by atoms with Crippen molar-refractivity contribution in [1.82, 2.24) is 10.3 Å². The number of carbonyl (C=O) groups excluding carboxylic acids is 2. The normalized spacial score (nSPS) is 11.4. The predicted octanol–water partition coefficient (Wildman–Crippen LogP) is 4.48. The molecule has 0 aliphatic rings. The minimum absolute atomic E-state index is 0.0552. The number of fused-ring (bicyclic) bond motifs is 1. The van der Waals surface area contributed by atoms with E-state index in [9.17, 15) is 9.59 Å². The van der Waals surface area contributed by atoms with E-state index >= 15 is 0 Å². The van der Waals surface area contributed by atoms with Gasteiger partial charge in [-0.2, -0.15) is 0 Å². The first-order chi connectivity index (χ1) is 12.7. The van der Waals surface area contributed by atoms with Gasteiger partial charge in [0.25, 0.3) is 5.91 Å². The van der Waals surface area contributed by atoms with Gasteiger partial charge in [0.15, 0.2) is 0 Å². The van der Waals surface area contributed by atoms with Crippen molar-refractivity contribution >= 4 is 39.1 Å². The second-order valence-corrected chi connectivity index (χ2v) is 8.60. The standard InChI is InChI=1S/C21H23N3O2S/c1-13(25)22-12-19-24-17-11-16(9-10-18(17)27-19)23-20(26)14-5-7-15(8-6-14)21(2,3)4/h5-11H,12H2,1-4H3,(H,22,25)(H,23,26). The van der Waals surface area contributed by atoms with Gasteiger partial charge in [-0.15, -0.1) is 11.3 Å². The largest absolute Gasteiger partial charge is 0.350 e. The zero-order valence-electron chi connectivity index (χ0n) is 15.9. The molecular weight excluding hydrogens is 358 g/mol. The number of benzene rings is 2. The number of thiazole rings is 1. The van der Waals surface area contributed by atoms with Crippen LogP contribution in [0, 0.1) is 0 Å². The van der Waals surface area contributed by atoms with Crippen LogP contribution < -0.4 is 10.6 Å². The van der Waals surface area contributed by atoms with Crippen LogP contribution in [0.15, 0.2) is 42.5 Å². The van der Waals surface area contributed by atoms with Crippen LogP contribution in [0.25, 0.3) is 10.2 Å². The zero-order chi connectivity index (χ0) is 19.6. The van der Waals surface area contributed by atoms with E-state index < -0.39 is 0 Å². The number of hydrogen-bond acceptors (Lipinski definition) is 4. The average Bonchev–Trinajstić information content (AvgIpc) is 3.01. The van der Waals surface area contributed by atoms with Crippen molar-refractivity contribution in [3.05, 3.63) is 58.6 Å². The molecule has 6 heteroatoms. The molecule has 1 aromatic heterocycles. The Morgan fingerprint density at radius 2 is 1.78 bits per heavy atom. The molecule has 0 spiro atoms. The molecule has 0 saturated carbocycles. The lowest BCUT2D eigenvalue weighted by Crippen LogP contribution is -2.18. The van der Waals surface area contributed by atoms with Gasteiger partial charge in [0, 0.05) is 18.2 Å². The molecule has 0 bridgehead atoms. The minimum atomic E-state index is -0.150. The summed E-state index contributed by atoms with van der Waals surface area (Å²) in [4.78, 5) is 28.1. The van der Waals surface area contributed by atoms with E-state index in [-0.39, 0.29) is 17.2 Å². The van der Waals surface area contributed by atoms with Crippen molar-refractivity contribution in [2.45, 2.75) is 39.7 Å². The summed E-state index contributed by atoms with van der Waals surface area (Å²) in [5.41, 5.74) is 3.37. The smallest absolute Gasteiger partial charge is 0.255 e. The molecule has 2 amide bonds. The van der Waals surface area contributed by atoms with Crippen LogP contribution in [-0.2, 0) is 16.8 Å². The minimum Gasteiger partial charge on any atom is -0.350 e. The highest BCUT2D eigenvalue weighted by Crippen LogP contribution is 2.26. The van der Waals surface area contributed by atoms with Crippen LogP contribution in [0.5, 0.6) is 0 Å². The molecule has 0 unspecified atom stereocenters. The number of carbonyl (C=O) groups is 2. The third-order valence-corrected chi connectivity index (χ3v) is 5.23. The Labute approximate surface area is 162 Å². The van der Waals surface area contributed by atoms with Gasteiger partial charge in [-0.05, 0) is 41.3 Å². The summed E-state index contributed by atoms with van der Waals surface area (Å²) >= 11 is 1.53. The Morgan fingerprint density at radius 3 is 2.41 bits per heavy atom. The number of hydrogen-bond donors (Lipinski definition) is 2. The fourth-order valence-corrected chi connectivity index (χ4v) is 3.54. The Morgan fingerprint density at radius 1 is 1.07 bits per heavy atom. The van der Waals surface area contributed by atoms with Crippen molar-refractivity contribution in [3.8, 4) is 0 Å². The Kier molecular flexibility index (Phi) is 5.28.